The summed E-state index contributed by atoms with van der Waals surface area (Å²) in [6, 6.07) is 14.3. The highest BCUT2D eigenvalue weighted by atomic mass is 35.5. The van der Waals surface area contributed by atoms with Gasteiger partial charge in [-0.2, -0.15) is 0 Å². The van der Waals surface area contributed by atoms with E-state index < -0.39 is 22.0 Å². The topological polar surface area (TPSA) is 109 Å². The standard InChI is InChI=1S/C20H19ClN2O5S/c1-13(14-6-3-2-4-7-14)23-29(26,27)19-10-16(20(24)25)18(11-17(19)21)22-12-15-8-5-9-28-15/h2-11,13,22-23H,12H2,1H3,(H,24,25). The van der Waals surface area contributed by atoms with Gasteiger partial charge >= 0.3 is 5.97 Å². The first-order valence-electron chi connectivity index (χ1n) is 8.68. The largest absolute Gasteiger partial charge is 0.478 e. The molecule has 0 aliphatic heterocycles. The van der Waals surface area contributed by atoms with E-state index in [0.29, 0.717) is 5.76 Å². The number of hydrogen-bond donors (Lipinski definition) is 3. The molecule has 3 N–H and O–H groups in total. The van der Waals surface area contributed by atoms with Crippen LogP contribution in [0.1, 0.15) is 34.6 Å². The molecule has 1 unspecified atom stereocenters. The average molecular weight is 435 g/mol. The molecule has 0 saturated heterocycles. The summed E-state index contributed by atoms with van der Waals surface area (Å²) in [5.41, 5.74) is 0.741. The number of furan rings is 1. The summed E-state index contributed by atoms with van der Waals surface area (Å²) in [5.74, 6) is -0.691. The van der Waals surface area contributed by atoms with Gasteiger partial charge in [0, 0.05) is 6.04 Å². The van der Waals surface area contributed by atoms with Crippen LogP contribution >= 0.6 is 11.6 Å². The van der Waals surface area contributed by atoms with E-state index in [4.69, 9.17) is 16.0 Å². The third-order valence-corrected chi connectivity index (χ3v) is 6.26. The van der Waals surface area contributed by atoms with Gasteiger partial charge in [0.1, 0.15) is 10.7 Å². The molecule has 3 aromatic rings. The highest BCUT2D eigenvalue weighted by Gasteiger charge is 2.25. The Morgan fingerprint density at radius 1 is 1.17 bits per heavy atom. The van der Waals surface area contributed by atoms with E-state index in [-0.39, 0.29) is 27.7 Å². The summed E-state index contributed by atoms with van der Waals surface area (Å²) < 4.78 is 33.4. The van der Waals surface area contributed by atoms with E-state index in [1.54, 1.807) is 43.3 Å². The molecule has 0 aliphatic carbocycles. The molecule has 7 nitrogen and oxygen atoms in total. The van der Waals surface area contributed by atoms with Gasteiger partial charge in [-0.15, -0.1) is 0 Å². The summed E-state index contributed by atoms with van der Waals surface area (Å²) in [5, 5.41) is 12.4. The molecule has 0 spiro atoms. The van der Waals surface area contributed by atoms with Crippen LogP contribution in [0.2, 0.25) is 5.02 Å². The molecule has 29 heavy (non-hydrogen) atoms. The number of rotatable bonds is 8. The van der Waals surface area contributed by atoms with Gasteiger partial charge in [-0.1, -0.05) is 41.9 Å². The van der Waals surface area contributed by atoms with E-state index in [2.05, 4.69) is 10.0 Å². The first-order valence-corrected chi connectivity index (χ1v) is 10.5. The molecule has 0 saturated carbocycles. The zero-order valence-electron chi connectivity index (χ0n) is 15.4. The van der Waals surface area contributed by atoms with Crippen molar-refractivity contribution in [1.82, 2.24) is 4.72 Å². The van der Waals surface area contributed by atoms with Crippen molar-refractivity contribution in [2.75, 3.05) is 5.32 Å². The quantitative estimate of drug-likeness (QED) is 0.488. The summed E-state index contributed by atoms with van der Waals surface area (Å²) in [6.45, 7) is 1.91. The number of halogens is 1. The molecule has 9 heteroatoms. The molecule has 1 heterocycles. The molecule has 0 bridgehead atoms. The molecular weight excluding hydrogens is 416 g/mol. The normalized spacial score (nSPS) is 12.5. The maximum absolute atomic E-state index is 12.8. The van der Waals surface area contributed by atoms with Crippen molar-refractivity contribution in [1.29, 1.82) is 0 Å². The van der Waals surface area contributed by atoms with Crippen molar-refractivity contribution in [2.45, 2.75) is 24.4 Å². The van der Waals surface area contributed by atoms with E-state index in [0.717, 1.165) is 11.6 Å². The second-order valence-electron chi connectivity index (χ2n) is 6.32. The maximum atomic E-state index is 12.8. The zero-order chi connectivity index (χ0) is 21.0. The van der Waals surface area contributed by atoms with Crippen molar-refractivity contribution >= 4 is 33.3 Å². The summed E-state index contributed by atoms with van der Waals surface area (Å²) in [6.07, 6.45) is 1.50. The highest BCUT2D eigenvalue weighted by molar-refractivity contribution is 7.89. The molecule has 0 radical (unpaired) electrons. The van der Waals surface area contributed by atoms with Gasteiger partial charge in [-0.25, -0.2) is 17.9 Å². The molecule has 0 fully saturated rings. The first kappa shape index (κ1) is 20.9. The molecule has 0 amide bonds. The third-order valence-electron chi connectivity index (χ3n) is 4.26. The van der Waals surface area contributed by atoms with Crippen LogP contribution in [0.4, 0.5) is 5.69 Å². The lowest BCUT2D eigenvalue weighted by atomic mass is 10.1. The van der Waals surface area contributed by atoms with Crippen LogP contribution in [-0.2, 0) is 16.6 Å². The molecule has 2 aromatic carbocycles. The number of hydrogen-bond acceptors (Lipinski definition) is 5. The van der Waals surface area contributed by atoms with Gasteiger partial charge in [0.2, 0.25) is 10.0 Å². The minimum absolute atomic E-state index is 0.0929. The Hall–Kier alpha value is -2.81. The molecule has 1 aromatic heterocycles. The molecular formula is C20H19ClN2O5S. The minimum atomic E-state index is -4.06. The monoisotopic (exact) mass is 434 g/mol. The number of aromatic carboxylic acids is 1. The van der Waals surface area contributed by atoms with Crippen LogP contribution in [0.25, 0.3) is 0 Å². The highest BCUT2D eigenvalue weighted by Crippen LogP contribution is 2.30. The number of carbonyl (C=O) groups is 1. The maximum Gasteiger partial charge on any atom is 0.337 e. The van der Waals surface area contributed by atoms with E-state index in [9.17, 15) is 18.3 Å². The summed E-state index contributed by atoms with van der Waals surface area (Å²) in [4.78, 5) is 11.4. The van der Waals surface area contributed by atoms with E-state index in [1.807, 2.05) is 6.07 Å². The number of benzene rings is 2. The number of sulfonamides is 1. The molecule has 152 valence electrons. The van der Waals surface area contributed by atoms with Crippen molar-refractivity contribution in [2.24, 2.45) is 0 Å². The smallest absolute Gasteiger partial charge is 0.337 e. The van der Waals surface area contributed by atoms with Crippen molar-refractivity contribution < 1.29 is 22.7 Å². The third kappa shape index (κ3) is 4.97. The second-order valence-corrected chi connectivity index (χ2v) is 8.41. The predicted molar refractivity (Wildman–Crippen MR) is 110 cm³/mol. The Labute approximate surface area is 173 Å². The SMILES string of the molecule is CC(NS(=O)(=O)c1cc(C(=O)O)c(NCc2ccco2)cc1Cl)c1ccccc1. The van der Waals surface area contributed by atoms with Crippen molar-refractivity contribution in [3.8, 4) is 0 Å². The van der Waals surface area contributed by atoms with E-state index >= 15 is 0 Å². The van der Waals surface area contributed by atoms with Crippen LogP contribution in [0.5, 0.6) is 0 Å². The van der Waals surface area contributed by atoms with Crippen LogP contribution < -0.4 is 10.0 Å². The van der Waals surface area contributed by atoms with Gasteiger partial charge in [-0.3, -0.25) is 0 Å². The zero-order valence-corrected chi connectivity index (χ0v) is 17.0. The fraction of sp³-hybridized carbons (Fsp3) is 0.150. The molecule has 1 atom stereocenters. The number of nitrogens with one attached hydrogen (secondary N) is 2. The Balaban J connectivity index is 1.90. The number of carboxylic acids is 1. The lowest BCUT2D eigenvalue weighted by Gasteiger charge is -2.17. The fourth-order valence-electron chi connectivity index (χ4n) is 2.78. The van der Waals surface area contributed by atoms with Crippen LogP contribution in [0, 0.1) is 0 Å². The lowest BCUT2D eigenvalue weighted by molar-refractivity contribution is 0.0697. The summed E-state index contributed by atoms with van der Waals surface area (Å²) >= 11 is 6.21. The Morgan fingerprint density at radius 3 is 2.52 bits per heavy atom. The molecule has 3 rings (SSSR count). The average Bonchev–Trinajstić information content (AvgIpc) is 3.20. The Kier molecular flexibility index (Phi) is 6.26. The van der Waals surface area contributed by atoms with E-state index in [1.165, 1.54) is 12.3 Å². The van der Waals surface area contributed by atoms with Gasteiger partial charge in [0.05, 0.1) is 29.1 Å². The lowest BCUT2D eigenvalue weighted by Crippen LogP contribution is -2.27. The van der Waals surface area contributed by atoms with Crippen molar-refractivity contribution in [3.05, 3.63) is 82.8 Å². The predicted octanol–water partition coefficient (Wildman–Crippen LogP) is 4.28. The van der Waals surface area contributed by atoms with Crippen LogP contribution in [-0.4, -0.2) is 19.5 Å². The summed E-state index contributed by atoms with van der Waals surface area (Å²) in [7, 11) is -4.06. The van der Waals surface area contributed by atoms with Crippen molar-refractivity contribution in [3.63, 3.8) is 0 Å². The van der Waals surface area contributed by atoms with Crippen LogP contribution in [0.3, 0.4) is 0 Å². The second kappa shape index (κ2) is 8.69. The Bertz CT molecular complexity index is 1100. The van der Waals surface area contributed by atoms with Gasteiger partial charge in [0.25, 0.3) is 0 Å². The number of carboxylic acid groups (broad SMARTS) is 1. The minimum Gasteiger partial charge on any atom is -0.478 e. The van der Waals surface area contributed by atoms with Gasteiger partial charge < -0.3 is 14.8 Å². The van der Waals surface area contributed by atoms with Gasteiger partial charge in [0.15, 0.2) is 0 Å². The van der Waals surface area contributed by atoms with Crippen LogP contribution in [0.15, 0.2) is 70.2 Å². The number of anilines is 1. The van der Waals surface area contributed by atoms with Gasteiger partial charge in [-0.05, 0) is 36.8 Å². The fourth-order valence-corrected chi connectivity index (χ4v) is 4.57. The Morgan fingerprint density at radius 2 is 1.90 bits per heavy atom. The first-order chi connectivity index (χ1) is 13.8. The molecule has 0 aliphatic rings.